The lowest BCUT2D eigenvalue weighted by Crippen LogP contribution is -2.41. The molecule has 4 rings (SSSR count). The van der Waals surface area contributed by atoms with Crippen molar-refractivity contribution in [2.24, 2.45) is 5.16 Å². The summed E-state index contributed by atoms with van der Waals surface area (Å²) in [7, 11) is 1.37. The lowest BCUT2D eigenvalue weighted by molar-refractivity contribution is 0.0204. The van der Waals surface area contributed by atoms with Crippen molar-refractivity contribution in [2.45, 2.75) is 57.7 Å². The van der Waals surface area contributed by atoms with Gasteiger partial charge < -0.3 is 19.2 Å². The van der Waals surface area contributed by atoms with E-state index in [2.05, 4.69) is 5.16 Å². The van der Waals surface area contributed by atoms with Crippen molar-refractivity contribution in [1.29, 1.82) is 0 Å². The average molecular weight is 472 g/mol. The number of esters is 1. The molecule has 0 radical (unpaired) electrons. The molecule has 0 saturated carbocycles. The summed E-state index contributed by atoms with van der Waals surface area (Å²) in [5.74, 6) is -0.0856. The first kappa shape index (κ1) is 23.2. The quantitative estimate of drug-likeness (QED) is 0.589. The number of amides is 1. The van der Waals surface area contributed by atoms with Crippen LogP contribution in [-0.4, -0.2) is 53.5 Å². The Morgan fingerprint density at radius 2 is 1.91 bits per heavy atom. The molecular weight excluding hydrogens is 442 g/mol. The molecule has 1 atom stereocenters. The summed E-state index contributed by atoms with van der Waals surface area (Å²) in [5.41, 5.74) is 2.33. The summed E-state index contributed by atoms with van der Waals surface area (Å²) in [6, 6.07) is 7.26. The van der Waals surface area contributed by atoms with Crippen molar-refractivity contribution >= 4 is 29.1 Å². The van der Waals surface area contributed by atoms with Gasteiger partial charge in [0.2, 0.25) is 0 Å². The molecule has 9 heteroatoms. The molecule has 0 spiro atoms. The van der Waals surface area contributed by atoms with Gasteiger partial charge in [0.25, 0.3) is 0 Å². The van der Waals surface area contributed by atoms with Gasteiger partial charge in [0.15, 0.2) is 6.10 Å². The lowest BCUT2D eigenvalue weighted by atomic mass is 9.97. The molecule has 1 saturated heterocycles. The maximum Gasteiger partial charge on any atom is 0.410 e. The molecule has 33 heavy (non-hydrogen) atoms. The maximum atomic E-state index is 12.3. The number of rotatable bonds is 4. The second kappa shape index (κ2) is 9.51. The highest BCUT2D eigenvalue weighted by molar-refractivity contribution is 7.10. The molecule has 3 heterocycles. The number of likely N-dealkylation sites (tertiary alicyclic amines) is 1. The fraction of sp³-hybridized carbons (Fsp3) is 0.500. The topological polar surface area (TPSA) is 90.3 Å². The minimum absolute atomic E-state index is 0.253. The van der Waals surface area contributed by atoms with Crippen molar-refractivity contribution in [2.75, 3.05) is 20.2 Å². The summed E-state index contributed by atoms with van der Waals surface area (Å²) in [6.45, 7) is 6.95. The van der Waals surface area contributed by atoms with Crippen molar-refractivity contribution in [3.63, 3.8) is 0 Å². The molecule has 1 amide bonds. The Balaban J connectivity index is 1.37. The lowest BCUT2D eigenvalue weighted by Gasteiger charge is -2.32. The third kappa shape index (κ3) is 5.35. The van der Waals surface area contributed by atoms with Gasteiger partial charge in [0.1, 0.15) is 11.3 Å². The van der Waals surface area contributed by atoms with Gasteiger partial charge in [0.05, 0.1) is 23.4 Å². The molecule has 1 unspecified atom stereocenters. The number of piperidine rings is 1. The second-order valence-corrected chi connectivity index (χ2v) is 10.1. The van der Waals surface area contributed by atoms with Crippen LogP contribution in [0.2, 0.25) is 0 Å². The minimum atomic E-state index is -0.489. The van der Waals surface area contributed by atoms with Gasteiger partial charge in [0, 0.05) is 36.4 Å². The number of carbonyl (C=O) groups is 2. The Kier molecular flexibility index (Phi) is 6.69. The van der Waals surface area contributed by atoms with Crippen molar-refractivity contribution in [1.82, 2.24) is 9.88 Å². The Labute approximate surface area is 197 Å². The van der Waals surface area contributed by atoms with Crippen LogP contribution >= 0.6 is 11.3 Å². The number of benzene rings is 1. The zero-order chi connectivity index (χ0) is 23.6. The SMILES string of the molecule is COC(=O)c1ccccc1C1CC(c2csc(C3CCN(C(=O)OC(C)(C)C)CC3)n2)=NO1. The summed E-state index contributed by atoms with van der Waals surface area (Å²) < 4.78 is 10.4. The van der Waals surface area contributed by atoms with E-state index in [-0.39, 0.29) is 12.2 Å². The van der Waals surface area contributed by atoms with E-state index in [0.717, 1.165) is 34.8 Å². The van der Waals surface area contributed by atoms with E-state index in [0.29, 0.717) is 31.0 Å². The largest absolute Gasteiger partial charge is 0.465 e. The zero-order valence-electron chi connectivity index (χ0n) is 19.4. The normalized spacial score (nSPS) is 19.1. The monoisotopic (exact) mass is 471 g/mol. The van der Waals surface area contributed by atoms with E-state index in [1.165, 1.54) is 7.11 Å². The van der Waals surface area contributed by atoms with Crippen LogP contribution in [0.4, 0.5) is 4.79 Å². The number of nitrogens with zero attached hydrogens (tertiary/aromatic N) is 3. The van der Waals surface area contributed by atoms with E-state index >= 15 is 0 Å². The third-order valence-electron chi connectivity index (χ3n) is 5.70. The molecule has 2 aliphatic heterocycles. The second-order valence-electron chi connectivity index (χ2n) is 9.23. The molecule has 0 aliphatic carbocycles. The van der Waals surface area contributed by atoms with Crippen molar-refractivity contribution < 1.29 is 23.9 Å². The molecule has 2 aromatic rings. The molecule has 8 nitrogen and oxygen atoms in total. The number of oxime groups is 1. The number of hydrogen-bond acceptors (Lipinski definition) is 8. The Morgan fingerprint density at radius 1 is 1.18 bits per heavy atom. The van der Waals surface area contributed by atoms with Crippen molar-refractivity contribution in [3.05, 3.63) is 51.5 Å². The predicted molar refractivity (Wildman–Crippen MR) is 125 cm³/mol. The van der Waals surface area contributed by atoms with Crippen LogP contribution in [0, 0.1) is 0 Å². The van der Waals surface area contributed by atoms with Gasteiger partial charge in [-0.1, -0.05) is 23.4 Å². The third-order valence-corrected chi connectivity index (χ3v) is 6.70. The highest BCUT2D eigenvalue weighted by atomic mass is 32.1. The van der Waals surface area contributed by atoms with Gasteiger partial charge in [-0.05, 0) is 39.7 Å². The Morgan fingerprint density at radius 3 is 2.61 bits per heavy atom. The number of carbonyl (C=O) groups excluding carboxylic acids is 2. The van der Waals surface area contributed by atoms with Crippen LogP contribution < -0.4 is 0 Å². The first-order valence-corrected chi connectivity index (χ1v) is 12.0. The van der Waals surface area contributed by atoms with Crippen molar-refractivity contribution in [3.8, 4) is 0 Å². The smallest absolute Gasteiger partial charge is 0.410 e. The first-order chi connectivity index (χ1) is 15.7. The maximum absolute atomic E-state index is 12.3. The van der Waals surface area contributed by atoms with Crippen LogP contribution in [0.15, 0.2) is 34.8 Å². The fourth-order valence-corrected chi connectivity index (χ4v) is 5.01. The van der Waals surface area contributed by atoms with Gasteiger partial charge in [-0.15, -0.1) is 11.3 Å². The van der Waals surface area contributed by atoms with Gasteiger partial charge in [-0.2, -0.15) is 0 Å². The molecule has 0 bridgehead atoms. The Bertz CT molecular complexity index is 1050. The van der Waals surface area contributed by atoms with Crippen LogP contribution in [0.5, 0.6) is 0 Å². The molecule has 1 fully saturated rings. The molecular formula is C24H29N3O5S. The predicted octanol–water partition coefficient (Wildman–Crippen LogP) is 4.91. The fourth-order valence-electron chi connectivity index (χ4n) is 4.01. The number of methoxy groups -OCH3 is 1. The van der Waals surface area contributed by atoms with Crippen LogP contribution in [0.25, 0.3) is 0 Å². The standard InChI is InChI=1S/C24H29N3O5S/c1-24(2,3)31-23(29)27-11-9-15(10-12-27)21-25-19(14-33-21)18-13-20(32-26-18)16-7-5-6-8-17(16)22(28)30-4/h5-8,14-15,20H,9-13H2,1-4H3. The number of hydrogen-bond donors (Lipinski definition) is 0. The van der Waals surface area contributed by atoms with E-state index in [1.807, 2.05) is 38.3 Å². The number of thiazole rings is 1. The van der Waals surface area contributed by atoms with E-state index < -0.39 is 11.6 Å². The van der Waals surface area contributed by atoms with Gasteiger partial charge >= 0.3 is 12.1 Å². The first-order valence-electron chi connectivity index (χ1n) is 11.1. The number of ether oxygens (including phenoxy) is 2. The molecule has 176 valence electrons. The Hall–Kier alpha value is -2.94. The summed E-state index contributed by atoms with van der Waals surface area (Å²) in [4.78, 5) is 36.7. The van der Waals surface area contributed by atoms with Gasteiger partial charge in [-0.3, -0.25) is 0 Å². The van der Waals surface area contributed by atoms with Crippen LogP contribution in [0.3, 0.4) is 0 Å². The summed E-state index contributed by atoms with van der Waals surface area (Å²) >= 11 is 1.61. The summed E-state index contributed by atoms with van der Waals surface area (Å²) in [6.07, 6.45) is 1.64. The highest BCUT2D eigenvalue weighted by Gasteiger charge is 2.31. The zero-order valence-corrected chi connectivity index (χ0v) is 20.2. The average Bonchev–Trinajstić information content (AvgIpc) is 3.47. The van der Waals surface area contributed by atoms with E-state index in [4.69, 9.17) is 19.3 Å². The molecule has 1 aromatic heterocycles. The summed E-state index contributed by atoms with van der Waals surface area (Å²) in [5, 5.41) is 7.31. The minimum Gasteiger partial charge on any atom is -0.465 e. The number of aromatic nitrogens is 1. The van der Waals surface area contributed by atoms with Gasteiger partial charge in [-0.25, -0.2) is 14.6 Å². The highest BCUT2D eigenvalue weighted by Crippen LogP contribution is 2.35. The van der Waals surface area contributed by atoms with E-state index in [9.17, 15) is 9.59 Å². The molecule has 0 N–H and O–H groups in total. The molecule has 2 aliphatic rings. The van der Waals surface area contributed by atoms with E-state index in [1.54, 1.807) is 28.4 Å². The molecule has 1 aromatic carbocycles. The van der Waals surface area contributed by atoms with Crippen LogP contribution in [-0.2, 0) is 14.3 Å². The van der Waals surface area contributed by atoms with Crippen LogP contribution in [0.1, 0.15) is 78.7 Å².